The maximum absolute atomic E-state index is 12.9. The Kier molecular flexibility index (Phi) is 4.98. The molecule has 1 saturated heterocycles. The number of hydrogen-bond acceptors (Lipinski definition) is 6. The van der Waals surface area contributed by atoms with Gasteiger partial charge in [0.05, 0.1) is 11.1 Å². The molecule has 0 radical (unpaired) electrons. The van der Waals surface area contributed by atoms with Crippen molar-refractivity contribution in [1.29, 1.82) is 0 Å². The van der Waals surface area contributed by atoms with E-state index in [0.717, 1.165) is 59.6 Å². The molecule has 1 aliphatic heterocycles. The van der Waals surface area contributed by atoms with Gasteiger partial charge in [-0.2, -0.15) is 0 Å². The number of hydrogen-bond donors (Lipinski definition) is 0. The molecule has 3 aromatic rings. The Balaban J connectivity index is 1.37. The fraction of sp³-hybridized carbons (Fsp3) is 0.652. The maximum atomic E-state index is 12.9. The van der Waals surface area contributed by atoms with E-state index < -0.39 is 0 Å². The minimum Gasteiger partial charge on any atom is -0.339 e. The number of thiophene rings is 1. The number of thioether (sulfide) groups is 1. The minimum absolute atomic E-state index is 0.220. The molecule has 0 spiro atoms. The summed E-state index contributed by atoms with van der Waals surface area (Å²) in [5.74, 6) is 2.98. The Morgan fingerprint density at radius 2 is 2.03 bits per heavy atom. The predicted octanol–water partition coefficient (Wildman–Crippen LogP) is 4.83. The third-order valence-corrected chi connectivity index (χ3v) is 9.25. The lowest BCUT2D eigenvalue weighted by Crippen LogP contribution is -2.42. The van der Waals surface area contributed by atoms with E-state index in [1.165, 1.54) is 53.3 Å². The number of amides is 1. The Morgan fingerprint density at radius 3 is 2.84 bits per heavy atom. The van der Waals surface area contributed by atoms with Crippen LogP contribution in [-0.2, 0) is 17.6 Å². The van der Waals surface area contributed by atoms with Gasteiger partial charge in [-0.25, -0.2) is 4.98 Å². The zero-order valence-electron chi connectivity index (χ0n) is 18.3. The molecular weight excluding hydrogens is 426 g/mol. The number of carbonyl (C=O) groups excluding carboxylic acids is 1. The maximum Gasteiger partial charge on any atom is 0.233 e. The summed E-state index contributed by atoms with van der Waals surface area (Å²) in [6.45, 7) is 5.40. The van der Waals surface area contributed by atoms with Crippen molar-refractivity contribution in [2.75, 3.05) is 12.3 Å². The van der Waals surface area contributed by atoms with Crippen LogP contribution in [0.4, 0.5) is 0 Å². The van der Waals surface area contributed by atoms with Crippen molar-refractivity contribution in [3.05, 3.63) is 16.3 Å². The normalized spacial score (nSPS) is 24.1. The molecule has 1 amide bonds. The zero-order chi connectivity index (χ0) is 21.1. The van der Waals surface area contributed by atoms with E-state index in [1.54, 1.807) is 0 Å². The summed E-state index contributed by atoms with van der Waals surface area (Å²) in [5.41, 5.74) is 2.40. The first-order chi connectivity index (χ1) is 15.1. The average molecular weight is 456 g/mol. The molecule has 2 fully saturated rings. The van der Waals surface area contributed by atoms with Crippen LogP contribution in [0.15, 0.2) is 5.16 Å². The van der Waals surface area contributed by atoms with Crippen molar-refractivity contribution >= 4 is 44.9 Å². The number of carbonyl (C=O) groups is 1. The van der Waals surface area contributed by atoms with Crippen LogP contribution >= 0.6 is 23.1 Å². The number of piperidine rings is 1. The summed E-state index contributed by atoms with van der Waals surface area (Å²) in [5, 5.41) is 11.3. The second kappa shape index (κ2) is 7.73. The van der Waals surface area contributed by atoms with E-state index in [0.29, 0.717) is 17.7 Å². The highest BCUT2D eigenvalue weighted by Crippen LogP contribution is 2.44. The van der Waals surface area contributed by atoms with E-state index in [9.17, 15) is 4.79 Å². The summed E-state index contributed by atoms with van der Waals surface area (Å²) >= 11 is 3.39. The first kappa shape index (κ1) is 20.0. The quantitative estimate of drug-likeness (QED) is 0.527. The first-order valence-electron chi connectivity index (χ1n) is 11.7. The largest absolute Gasteiger partial charge is 0.339 e. The first-order valence-corrected chi connectivity index (χ1v) is 13.5. The van der Waals surface area contributed by atoms with Gasteiger partial charge in [-0.3, -0.25) is 9.20 Å². The van der Waals surface area contributed by atoms with Crippen LogP contribution in [0, 0.1) is 5.92 Å². The van der Waals surface area contributed by atoms with Gasteiger partial charge in [0.1, 0.15) is 10.7 Å². The highest BCUT2D eigenvalue weighted by Gasteiger charge is 2.33. The molecule has 164 valence electrons. The Morgan fingerprint density at radius 1 is 1.16 bits per heavy atom. The lowest BCUT2D eigenvalue weighted by molar-refractivity contribution is -0.131. The van der Waals surface area contributed by atoms with Crippen LogP contribution in [0.5, 0.6) is 0 Å². The topological polar surface area (TPSA) is 63.4 Å². The van der Waals surface area contributed by atoms with Gasteiger partial charge in [-0.1, -0.05) is 18.7 Å². The van der Waals surface area contributed by atoms with Crippen LogP contribution in [0.25, 0.3) is 15.9 Å². The van der Waals surface area contributed by atoms with Crippen LogP contribution in [0.1, 0.15) is 74.6 Å². The van der Waals surface area contributed by atoms with Gasteiger partial charge >= 0.3 is 0 Å². The second-order valence-electron chi connectivity index (χ2n) is 9.64. The Hall–Kier alpha value is -1.67. The van der Waals surface area contributed by atoms with E-state index in [4.69, 9.17) is 4.98 Å². The molecule has 1 saturated carbocycles. The smallest absolute Gasteiger partial charge is 0.233 e. The van der Waals surface area contributed by atoms with Crippen molar-refractivity contribution in [3.63, 3.8) is 0 Å². The van der Waals surface area contributed by atoms with Gasteiger partial charge in [0.2, 0.25) is 5.91 Å². The molecule has 4 heterocycles. The molecular formula is C23H29N5OS2. The summed E-state index contributed by atoms with van der Waals surface area (Å²) in [7, 11) is 0. The lowest BCUT2D eigenvalue weighted by atomic mass is 9.89. The molecule has 31 heavy (non-hydrogen) atoms. The molecule has 3 aliphatic rings. The molecule has 6 nitrogen and oxygen atoms in total. The van der Waals surface area contributed by atoms with E-state index in [-0.39, 0.29) is 5.91 Å². The zero-order valence-corrected chi connectivity index (χ0v) is 19.9. The number of rotatable bonds is 4. The third kappa shape index (κ3) is 3.46. The number of nitrogens with zero attached hydrogens (tertiary/aromatic N) is 5. The fourth-order valence-corrected chi connectivity index (χ4v) is 7.44. The number of fused-ring (bicyclic) bond motifs is 5. The number of aryl methyl sites for hydroxylation is 1. The molecule has 6 rings (SSSR count). The van der Waals surface area contributed by atoms with Gasteiger partial charge < -0.3 is 4.90 Å². The summed E-state index contributed by atoms with van der Waals surface area (Å²) in [6.07, 6.45) is 9.31. The second-order valence-corrected chi connectivity index (χ2v) is 11.7. The van der Waals surface area contributed by atoms with Gasteiger partial charge in [-0.05, 0) is 69.8 Å². The van der Waals surface area contributed by atoms with Crippen molar-refractivity contribution in [2.45, 2.75) is 82.3 Å². The predicted molar refractivity (Wildman–Crippen MR) is 125 cm³/mol. The monoisotopic (exact) mass is 455 g/mol. The highest BCUT2D eigenvalue weighted by molar-refractivity contribution is 7.99. The summed E-state index contributed by atoms with van der Waals surface area (Å²) < 4.78 is 2.18. The van der Waals surface area contributed by atoms with Crippen molar-refractivity contribution in [3.8, 4) is 0 Å². The Bertz CT molecular complexity index is 1160. The standard InChI is InChI=1S/C23H29N5OS2/c1-13-6-9-16-17(11-13)31-22-19(16)21-25-26-23(28(21)20(24-22)15-7-8-15)30-12-18(29)27-10-4-3-5-14(27)2/h13-15H,3-12H2,1-2H3/t13-,14-/m1/s1. The van der Waals surface area contributed by atoms with Crippen molar-refractivity contribution in [1.82, 2.24) is 24.5 Å². The third-order valence-electron chi connectivity index (χ3n) is 7.19. The molecule has 0 unspecified atom stereocenters. The number of likely N-dealkylation sites (tertiary alicyclic amines) is 1. The van der Waals surface area contributed by atoms with Crippen LogP contribution < -0.4 is 0 Å². The molecule has 0 bridgehead atoms. The molecule has 2 aliphatic carbocycles. The molecule has 2 atom stereocenters. The molecule has 3 aromatic heterocycles. The molecule has 0 aromatic carbocycles. The number of aromatic nitrogens is 4. The van der Waals surface area contributed by atoms with Gasteiger partial charge in [0.25, 0.3) is 0 Å². The fourth-order valence-electron chi connectivity index (χ4n) is 5.22. The van der Waals surface area contributed by atoms with E-state index in [1.807, 2.05) is 11.3 Å². The lowest BCUT2D eigenvalue weighted by Gasteiger charge is -2.33. The van der Waals surface area contributed by atoms with Crippen LogP contribution in [0.3, 0.4) is 0 Å². The molecule has 0 N–H and O–H groups in total. The molecule has 8 heteroatoms. The minimum atomic E-state index is 0.220. The summed E-state index contributed by atoms with van der Waals surface area (Å²) in [4.78, 5) is 22.7. The average Bonchev–Trinajstić information content (AvgIpc) is 3.42. The van der Waals surface area contributed by atoms with Crippen molar-refractivity contribution in [2.24, 2.45) is 5.92 Å². The highest BCUT2D eigenvalue weighted by atomic mass is 32.2. The van der Waals surface area contributed by atoms with E-state index in [2.05, 4.69) is 33.3 Å². The van der Waals surface area contributed by atoms with Gasteiger partial charge in [-0.15, -0.1) is 21.5 Å². The summed E-state index contributed by atoms with van der Waals surface area (Å²) in [6, 6.07) is 0.347. The van der Waals surface area contributed by atoms with Crippen molar-refractivity contribution < 1.29 is 4.79 Å². The van der Waals surface area contributed by atoms with Crippen LogP contribution in [0.2, 0.25) is 0 Å². The van der Waals surface area contributed by atoms with Gasteiger partial charge in [0, 0.05) is 23.4 Å². The van der Waals surface area contributed by atoms with E-state index >= 15 is 0 Å². The van der Waals surface area contributed by atoms with Gasteiger partial charge in [0.15, 0.2) is 10.8 Å². The van der Waals surface area contributed by atoms with Crippen LogP contribution in [-0.4, -0.2) is 48.7 Å². The Labute approximate surface area is 190 Å². The SMILES string of the molecule is C[C@@H]1CCc2c(sc3nc(C4CC4)n4c(SCC(=O)N5CCCC[C@H]5C)nnc4c23)C1.